The van der Waals surface area contributed by atoms with Crippen LogP contribution >= 0.6 is 0 Å². The van der Waals surface area contributed by atoms with E-state index in [1.165, 1.54) is 11.3 Å². The number of rotatable bonds is 12. The van der Waals surface area contributed by atoms with Crippen LogP contribution in [0.4, 0.5) is 21.9 Å². The van der Waals surface area contributed by atoms with E-state index in [2.05, 4.69) is 63.5 Å². The molecule has 0 fully saturated rings. The van der Waals surface area contributed by atoms with Crippen LogP contribution in [0.1, 0.15) is 60.4 Å². The Hall–Kier alpha value is -4.11. The first-order valence-corrected chi connectivity index (χ1v) is 12.9. The van der Waals surface area contributed by atoms with Gasteiger partial charge in [0.1, 0.15) is 5.69 Å². The first-order chi connectivity index (χ1) is 18.2. The SMILES string of the molecule is CCN(CC)c1ccc(C(CCC(NC(N)=O)c2ccc(C(=O)Nc3ccccc3N)nc2)N(C)C)cc1. The molecule has 202 valence electrons. The molecule has 3 rings (SSSR count). The number of para-hydroxylation sites is 2. The van der Waals surface area contributed by atoms with Crippen molar-refractivity contribution in [3.8, 4) is 0 Å². The van der Waals surface area contributed by atoms with Gasteiger partial charge in [0.25, 0.3) is 5.91 Å². The first kappa shape index (κ1) is 28.5. The molecule has 3 amide bonds. The summed E-state index contributed by atoms with van der Waals surface area (Å²) in [6.07, 6.45) is 3.02. The lowest BCUT2D eigenvalue weighted by atomic mass is 9.95. The molecule has 9 heteroatoms. The molecule has 0 aliphatic heterocycles. The number of primary amides is 1. The third kappa shape index (κ3) is 7.45. The maximum absolute atomic E-state index is 12.6. The van der Waals surface area contributed by atoms with Crippen LogP contribution in [0.2, 0.25) is 0 Å². The van der Waals surface area contributed by atoms with Crippen LogP contribution < -0.4 is 27.0 Å². The van der Waals surface area contributed by atoms with E-state index in [4.69, 9.17) is 11.5 Å². The van der Waals surface area contributed by atoms with Crippen molar-refractivity contribution in [1.29, 1.82) is 0 Å². The van der Waals surface area contributed by atoms with Crippen LogP contribution in [0.25, 0.3) is 0 Å². The largest absolute Gasteiger partial charge is 0.397 e. The Morgan fingerprint density at radius 2 is 1.58 bits per heavy atom. The number of nitrogen functional groups attached to an aromatic ring is 1. The fraction of sp³-hybridized carbons (Fsp3) is 0.345. The molecule has 0 aliphatic carbocycles. The van der Waals surface area contributed by atoms with Crippen molar-refractivity contribution in [1.82, 2.24) is 15.2 Å². The summed E-state index contributed by atoms with van der Waals surface area (Å²) in [6, 6.07) is 18.3. The molecule has 1 heterocycles. The van der Waals surface area contributed by atoms with Gasteiger partial charge in [0.15, 0.2) is 0 Å². The lowest BCUT2D eigenvalue weighted by molar-refractivity contribution is 0.102. The molecule has 0 spiro atoms. The number of carbonyl (C=O) groups excluding carboxylic acids is 2. The molecule has 0 saturated carbocycles. The van der Waals surface area contributed by atoms with E-state index in [1.807, 2.05) is 14.1 Å². The number of hydrogen-bond acceptors (Lipinski definition) is 6. The average Bonchev–Trinajstić information content (AvgIpc) is 2.90. The number of aromatic nitrogens is 1. The Balaban J connectivity index is 1.72. The summed E-state index contributed by atoms with van der Waals surface area (Å²) >= 11 is 0. The van der Waals surface area contributed by atoms with E-state index in [9.17, 15) is 9.59 Å². The molecule has 0 radical (unpaired) electrons. The molecule has 38 heavy (non-hydrogen) atoms. The van der Waals surface area contributed by atoms with Crippen LogP contribution in [-0.2, 0) is 0 Å². The van der Waals surface area contributed by atoms with Crippen LogP contribution in [0.15, 0.2) is 66.9 Å². The van der Waals surface area contributed by atoms with Crippen molar-refractivity contribution in [2.75, 3.05) is 43.1 Å². The number of pyridine rings is 1. The summed E-state index contributed by atoms with van der Waals surface area (Å²) in [5.41, 5.74) is 15.8. The summed E-state index contributed by atoms with van der Waals surface area (Å²) < 4.78 is 0. The maximum atomic E-state index is 12.6. The molecule has 9 nitrogen and oxygen atoms in total. The lowest BCUT2D eigenvalue weighted by Crippen LogP contribution is -2.34. The number of urea groups is 1. The fourth-order valence-corrected chi connectivity index (χ4v) is 4.58. The highest BCUT2D eigenvalue weighted by molar-refractivity contribution is 6.04. The molecule has 6 N–H and O–H groups in total. The Morgan fingerprint density at radius 3 is 2.13 bits per heavy atom. The summed E-state index contributed by atoms with van der Waals surface area (Å²) in [7, 11) is 4.10. The van der Waals surface area contributed by atoms with Crippen molar-refractivity contribution < 1.29 is 9.59 Å². The summed E-state index contributed by atoms with van der Waals surface area (Å²) in [4.78, 5) is 33.3. The van der Waals surface area contributed by atoms with Gasteiger partial charge in [-0.2, -0.15) is 0 Å². The Morgan fingerprint density at radius 1 is 0.921 bits per heavy atom. The highest BCUT2D eigenvalue weighted by Gasteiger charge is 2.20. The third-order valence-corrected chi connectivity index (χ3v) is 6.71. The smallest absolute Gasteiger partial charge is 0.312 e. The summed E-state index contributed by atoms with van der Waals surface area (Å²) in [5, 5.41) is 5.61. The average molecular weight is 518 g/mol. The third-order valence-electron chi connectivity index (χ3n) is 6.71. The minimum Gasteiger partial charge on any atom is -0.397 e. The van der Waals surface area contributed by atoms with Crippen LogP contribution in [0, 0.1) is 0 Å². The monoisotopic (exact) mass is 517 g/mol. The number of nitrogens with zero attached hydrogens (tertiary/aromatic N) is 3. The van der Waals surface area contributed by atoms with Crippen molar-refractivity contribution in [2.24, 2.45) is 5.73 Å². The van der Waals surface area contributed by atoms with Crippen molar-refractivity contribution >= 4 is 29.0 Å². The summed E-state index contributed by atoms with van der Waals surface area (Å²) in [5.74, 6) is -0.366. The van der Waals surface area contributed by atoms with Gasteiger partial charge in [0.2, 0.25) is 0 Å². The van der Waals surface area contributed by atoms with Crippen LogP contribution in [0.5, 0.6) is 0 Å². The van der Waals surface area contributed by atoms with E-state index in [-0.39, 0.29) is 23.7 Å². The molecule has 3 aromatic rings. The number of nitrogens with two attached hydrogens (primary N) is 2. The van der Waals surface area contributed by atoms with Gasteiger partial charge in [0, 0.05) is 31.0 Å². The van der Waals surface area contributed by atoms with Crippen molar-refractivity contribution in [3.05, 3.63) is 83.7 Å². The van der Waals surface area contributed by atoms with E-state index in [0.29, 0.717) is 17.8 Å². The van der Waals surface area contributed by atoms with Gasteiger partial charge in [-0.25, -0.2) is 4.79 Å². The van der Waals surface area contributed by atoms with Gasteiger partial charge in [-0.1, -0.05) is 30.3 Å². The van der Waals surface area contributed by atoms with Gasteiger partial charge in [-0.05, 0) is 82.2 Å². The van der Waals surface area contributed by atoms with Crippen molar-refractivity contribution in [2.45, 2.75) is 38.8 Å². The minimum absolute atomic E-state index is 0.146. The number of nitrogens with one attached hydrogen (secondary N) is 2. The second-order valence-electron chi connectivity index (χ2n) is 9.40. The topological polar surface area (TPSA) is 130 Å². The highest BCUT2D eigenvalue weighted by atomic mass is 16.2. The second-order valence-corrected chi connectivity index (χ2v) is 9.40. The standard InChI is InChI=1S/C29H39N7O2/c1-5-36(6-2)22-14-11-20(12-15-22)27(35(3)4)18-17-24(34-29(31)38)21-13-16-26(32-19-21)28(37)33-25-10-8-7-9-23(25)30/h7-16,19,24,27H,5-6,17-18,30H2,1-4H3,(H,33,37)(H3,31,34,38). The zero-order chi connectivity index (χ0) is 27.7. The molecule has 0 saturated heterocycles. The van der Waals surface area contributed by atoms with E-state index < -0.39 is 6.03 Å². The molecule has 0 bridgehead atoms. The van der Waals surface area contributed by atoms with Gasteiger partial charge in [-0.3, -0.25) is 9.78 Å². The molecule has 2 atom stereocenters. The van der Waals surface area contributed by atoms with E-state index in [0.717, 1.165) is 25.1 Å². The predicted octanol–water partition coefficient (Wildman–Crippen LogP) is 4.55. The Kier molecular flexibility index (Phi) is 10.1. The molecule has 0 aliphatic rings. The van der Waals surface area contributed by atoms with Gasteiger partial charge >= 0.3 is 6.03 Å². The zero-order valence-corrected chi connectivity index (χ0v) is 22.6. The minimum atomic E-state index is -0.610. The highest BCUT2D eigenvalue weighted by Crippen LogP contribution is 2.30. The predicted molar refractivity (Wildman–Crippen MR) is 154 cm³/mol. The van der Waals surface area contributed by atoms with Crippen LogP contribution in [-0.4, -0.2) is 49.0 Å². The van der Waals surface area contributed by atoms with Crippen LogP contribution in [0.3, 0.4) is 0 Å². The van der Waals surface area contributed by atoms with Gasteiger partial charge < -0.3 is 31.9 Å². The first-order valence-electron chi connectivity index (χ1n) is 12.9. The zero-order valence-electron chi connectivity index (χ0n) is 22.6. The summed E-state index contributed by atoms with van der Waals surface area (Å²) in [6.45, 7) is 6.22. The van der Waals surface area contributed by atoms with Gasteiger partial charge in [0.05, 0.1) is 17.4 Å². The van der Waals surface area contributed by atoms with E-state index >= 15 is 0 Å². The van der Waals surface area contributed by atoms with E-state index in [1.54, 1.807) is 42.6 Å². The fourth-order valence-electron chi connectivity index (χ4n) is 4.58. The number of amides is 3. The molecule has 1 aromatic heterocycles. The number of hydrogen-bond donors (Lipinski definition) is 4. The maximum Gasteiger partial charge on any atom is 0.312 e. The number of anilines is 3. The number of benzene rings is 2. The quantitative estimate of drug-likeness (QED) is 0.261. The molecular weight excluding hydrogens is 478 g/mol. The lowest BCUT2D eigenvalue weighted by Gasteiger charge is -2.28. The Labute approximate surface area is 225 Å². The Bertz CT molecular complexity index is 1190. The van der Waals surface area contributed by atoms with Crippen molar-refractivity contribution in [3.63, 3.8) is 0 Å². The molecule has 2 aromatic carbocycles. The normalized spacial score (nSPS) is 12.6. The molecule has 2 unspecified atom stereocenters. The number of carbonyl (C=O) groups is 2. The second kappa shape index (κ2) is 13.4. The van der Waals surface area contributed by atoms with Gasteiger partial charge in [-0.15, -0.1) is 0 Å². The molecular formula is C29H39N7O2.